The lowest BCUT2D eigenvalue weighted by Crippen LogP contribution is -2.37. The third-order valence-corrected chi connectivity index (χ3v) is 6.31. The zero-order valence-corrected chi connectivity index (χ0v) is 15.4. The minimum absolute atomic E-state index is 0.0549. The van der Waals surface area contributed by atoms with E-state index in [9.17, 15) is 17.6 Å². The van der Waals surface area contributed by atoms with Crippen LogP contribution in [-0.4, -0.2) is 26.6 Å². The lowest BCUT2D eigenvalue weighted by molar-refractivity contribution is 0.102. The van der Waals surface area contributed by atoms with Gasteiger partial charge in [0.05, 0.1) is 17.0 Å². The van der Waals surface area contributed by atoms with Crippen LogP contribution >= 0.6 is 0 Å². The molecule has 1 N–H and O–H groups in total. The minimum atomic E-state index is -3.39. The largest absolute Gasteiger partial charge is 0.322 e. The van der Waals surface area contributed by atoms with E-state index in [0.29, 0.717) is 24.3 Å². The molecule has 0 saturated heterocycles. The molecule has 0 fully saturated rings. The van der Waals surface area contributed by atoms with Crippen molar-refractivity contribution in [2.24, 2.45) is 0 Å². The molecule has 5 nitrogen and oxygen atoms in total. The number of hydrogen-bond donors (Lipinski definition) is 1. The van der Waals surface area contributed by atoms with Crippen molar-refractivity contribution in [1.29, 1.82) is 0 Å². The Morgan fingerprint density at radius 3 is 2.73 bits per heavy atom. The zero-order valence-electron chi connectivity index (χ0n) is 14.5. The summed E-state index contributed by atoms with van der Waals surface area (Å²) < 4.78 is 40.3. The van der Waals surface area contributed by atoms with E-state index in [1.165, 1.54) is 22.5 Å². The summed E-state index contributed by atoms with van der Waals surface area (Å²) in [5, 5.41) is 2.65. The number of hydrogen-bond acceptors (Lipinski definition) is 3. The van der Waals surface area contributed by atoms with Crippen molar-refractivity contribution in [2.75, 3.05) is 21.9 Å². The third kappa shape index (κ3) is 3.72. The molecule has 1 heterocycles. The molecule has 1 aliphatic rings. The number of carbonyl (C=O) groups is 1. The molecular weight excluding hydrogens is 355 g/mol. The van der Waals surface area contributed by atoms with E-state index in [1.54, 1.807) is 18.2 Å². The molecule has 0 atom stereocenters. The molecule has 0 radical (unpaired) electrons. The molecule has 2 aromatic carbocycles. The van der Waals surface area contributed by atoms with Crippen molar-refractivity contribution in [3.8, 4) is 0 Å². The monoisotopic (exact) mass is 376 g/mol. The van der Waals surface area contributed by atoms with Crippen LogP contribution in [0, 0.1) is 5.82 Å². The van der Waals surface area contributed by atoms with Gasteiger partial charge in [-0.05, 0) is 49.1 Å². The fourth-order valence-electron chi connectivity index (χ4n) is 3.12. The number of rotatable bonds is 5. The summed E-state index contributed by atoms with van der Waals surface area (Å²) in [7, 11) is -3.39. The summed E-state index contributed by atoms with van der Waals surface area (Å²) in [6, 6.07) is 10.9. The van der Waals surface area contributed by atoms with Gasteiger partial charge in [0.25, 0.3) is 5.91 Å². The summed E-state index contributed by atoms with van der Waals surface area (Å²) in [4.78, 5) is 12.3. The highest BCUT2D eigenvalue weighted by molar-refractivity contribution is 7.92. The SMILES string of the molecule is CCCS(=O)(=O)N1CCCc2ccc(NC(=O)c3ccccc3F)cc21. The maximum atomic E-state index is 13.8. The van der Waals surface area contributed by atoms with Gasteiger partial charge in [-0.1, -0.05) is 25.1 Å². The van der Waals surface area contributed by atoms with Crippen LogP contribution < -0.4 is 9.62 Å². The second kappa shape index (κ2) is 7.45. The molecule has 0 unspecified atom stereocenters. The highest BCUT2D eigenvalue weighted by atomic mass is 32.2. The summed E-state index contributed by atoms with van der Waals surface area (Å²) in [5.41, 5.74) is 1.91. The smallest absolute Gasteiger partial charge is 0.258 e. The van der Waals surface area contributed by atoms with E-state index in [4.69, 9.17) is 0 Å². The minimum Gasteiger partial charge on any atom is -0.322 e. The molecular formula is C19H21FN2O3S. The van der Waals surface area contributed by atoms with Crippen LogP contribution in [0.15, 0.2) is 42.5 Å². The summed E-state index contributed by atoms with van der Waals surface area (Å²) >= 11 is 0. The van der Waals surface area contributed by atoms with E-state index in [1.807, 2.05) is 13.0 Å². The average molecular weight is 376 g/mol. The number of carbonyl (C=O) groups excluding carboxylic acids is 1. The zero-order chi connectivity index (χ0) is 18.7. The number of amides is 1. The summed E-state index contributed by atoms with van der Waals surface area (Å²) in [5.74, 6) is -1.09. The van der Waals surface area contributed by atoms with Crippen LogP contribution in [-0.2, 0) is 16.4 Å². The Balaban J connectivity index is 1.90. The summed E-state index contributed by atoms with van der Waals surface area (Å²) in [6.07, 6.45) is 2.09. The Morgan fingerprint density at radius 1 is 1.23 bits per heavy atom. The molecule has 1 amide bonds. The second-order valence-electron chi connectivity index (χ2n) is 6.27. The van der Waals surface area contributed by atoms with E-state index in [0.717, 1.165) is 18.4 Å². The number of anilines is 2. The van der Waals surface area contributed by atoms with Crippen LogP contribution in [0.4, 0.5) is 15.8 Å². The molecule has 3 rings (SSSR count). The van der Waals surface area contributed by atoms with Crippen LogP contribution in [0.5, 0.6) is 0 Å². The quantitative estimate of drug-likeness (QED) is 0.867. The van der Waals surface area contributed by atoms with Crippen molar-refractivity contribution < 1.29 is 17.6 Å². The Morgan fingerprint density at radius 2 is 2.00 bits per heavy atom. The van der Waals surface area contributed by atoms with Crippen molar-refractivity contribution in [1.82, 2.24) is 0 Å². The molecule has 0 aliphatic carbocycles. The van der Waals surface area contributed by atoms with E-state index in [2.05, 4.69) is 5.32 Å². The van der Waals surface area contributed by atoms with Crippen LogP contribution in [0.3, 0.4) is 0 Å². The molecule has 0 spiro atoms. The van der Waals surface area contributed by atoms with Gasteiger partial charge in [0, 0.05) is 12.2 Å². The fraction of sp³-hybridized carbons (Fsp3) is 0.316. The number of halogens is 1. The molecule has 26 heavy (non-hydrogen) atoms. The molecule has 1 aliphatic heterocycles. The number of aryl methyl sites for hydroxylation is 1. The Kier molecular flexibility index (Phi) is 5.27. The van der Waals surface area contributed by atoms with Crippen LogP contribution in [0.1, 0.15) is 35.7 Å². The normalized spacial score (nSPS) is 14.0. The van der Waals surface area contributed by atoms with Gasteiger partial charge in [0.2, 0.25) is 10.0 Å². The summed E-state index contributed by atoms with van der Waals surface area (Å²) in [6.45, 7) is 2.26. The number of sulfonamides is 1. The lowest BCUT2D eigenvalue weighted by Gasteiger charge is -2.31. The van der Waals surface area contributed by atoms with Crippen molar-refractivity contribution >= 4 is 27.3 Å². The highest BCUT2D eigenvalue weighted by Gasteiger charge is 2.27. The molecule has 0 saturated carbocycles. The number of nitrogens with one attached hydrogen (secondary N) is 1. The van der Waals surface area contributed by atoms with Gasteiger partial charge in [-0.25, -0.2) is 12.8 Å². The predicted molar refractivity (Wildman–Crippen MR) is 101 cm³/mol. The maximum Gasteiger partial charge on any atom is 0.258 e. The van der Waals surface area contributed by atoms with E-state index < -0.39 is 21.7 Å². The van der Waals surface area contributed by atoms with Gasteiger partial charge in [-0.2, -0.15) is 0 Å². The van der Waals surface area contributed by atoms with Crippen molar-refractivity contribution in [3.63, 3.8) is 0 Å². The average Bonchev–Trinajstić information content (AvgIpc) is 2.61. The third-order valence-electron chi connectivity index (χ3n) is 4.34. The molecule has 138 valence electrons. The van der Waals surface area contributed by atoms with Crippen LogP contribution in [0.2, 0.25) is 0 Å². The van der Waals surface area contributed by atoms with E-state index >= 15 is 0 Å². The number of benzene rings is 2. The van der Waals surface area contributed by atoms with Crippen molar-refractivity contribution in [3.05, 3.63) is 59.4 Å². The fourth-order valence-corrected chi connectivity index (χ4v) is 4.73. The number of nitrogens with zero attached hydrogens (tertiary/aromatic N) is 1. The van der Waals surface area contributed by atoms with Crippen molar-refractivity contribution in [2.45, 2.75) is 26.2 Å². The first-order valence-corrected chi connectivity index (χ1v) is 10.2. The first-order chi connectivity index (χ1) is 12.4. The Hall–Kier alpha value is -2.41. The van der Waals surface area contributed by atoms with Gasteiger partial charge in [-0.15, -0.1) is 0 Å². The highest BCUT2D eigenvalue weighted by Crippen LogP contribution is 2.32. The first kappa shape index (κ1) is 18.4. The molecule has 0 bridgehead atoms. The van der Waals surface area contributed by atoms with Gasteiger partial charge >= 0.3 is 0 Å². The molecule has 0 aromatic heterocycles. The Labute approximate surface area is 152 Å². The second-order valence-corrected chi connectivity index (χ2v) is 8.28. The maximum absolute atomic E-state index is 13.8. The van der Waals surface area contributed by atoms with Gasteiger partial charge in [-0.3, -0.25) is 9.10 Å². The number of fused-ring (bicyclic) bond motifs is 1. The van der Waals surface area contributed by atoms with Gasteiger partial charge in [0.1, 0.15) is 5.82 Å². The molecule has 7 heteroatoms. The first-order valence-electron chi connectivity index (χ1n) is 8.61. The van der Waals surface area contributed by atoms with E-state index in [-0.39, 0.29) is 11.3 Å². The lowest BCUT2D eigenvalue weighted by atomic mass is 10.0. The standard InChI is InChI=1S/C19H21FN2O3S/c1-2-12-26(24,25)22-11-5-6-14-9-10-15(13-18(14)22)21-19(23)16-7-3-4-8-17(16)20/h3-4,7-10,13H,2,5-6,11-12H2,1H3,(H,21,23). The Bertz CT molecular complexity index is 928. The topological polar surface area (TPSA) is 66.5 Å². The molecule has 2 aromatic rings. The van der Waals surface area contributed by atoms with Crippen LogP contribution in [0.25, 0.3) is 0 Å². The van der Waals surface area contributed by atoms with Gasteiger partial charge < -0.3 is 5.32 Å². The predicted octanol–water partition coefficient (Wildman–Crippen LogP) is 3.57. The van der Waals surface area contributed by atoms with Gasteiger partial charge in [0.15, 0.2) is 0 Å².